The molecule has 2 saturated heterocycles. The van der Waals surface area contributed by atoms with Crippen LogP contribution in [-0.2, 0) is 16.4 Å². The minimum atomic E-state index is -3.06. The van der Waals surface area contributed by atoms with Gasteiger partial charge in [0.2, 0.25) is 10.0 Å². The van der Waals surface area contributed by atoms with E-state index in [1.807, 2.05) is 17.0 Å². The van der Waals surface area contributed by atoms with Crippen molar-refractivity contribution in [2.45, 2.75) is 39.0 Å². The van der Waals surface area contributed by atoms with Crippen LogP contribution in [0.2, 0.25) is 0 Å². The number of sulfonamides is 1. The van der Waals surface area contributed by atoms with Gasteiger partial charge in [-0.15, -0.1) is 0 Å². The number of carbonyl (C=O) groups is 1. The third-order valence-corrected chi connectivity index (χ3v) is 7.14. The molecule has 2 aliphatic rings. The predicted octanol–water partition coefficient (Wildman–Crippen LogP) is 2.77. The fourth-order valence-corrected chi connectivity index (χ4v) is 4.83. The molecule has 144 valence electrons. The van der Waals surface area contributed by atoms with E-state index in [9.17, 15) is 13.2 Å². The van der Waals surface area contributed by atoms with Crippen LogP contribution in [0, 0.1) is 11.8 Å². The lowest BCUT2D eigenvalue weighted by molar-refractivity contribution is 0.0697. The van der Waals surface area contributed by atoms with E-state index in [0.717, 1.165) is 56.7 Å². The van der Waals surface area contributed by atoms with Crippen molar-refractivity contribution in [2.24, 2.45) is 11.8 Å². The summed E-state index contributed by atoms with van der Waals surface area (Å²) < 4.78 is 24.8. The highest BCUT2D eigenvalue weighted by atomic mass is 32.2. The number of rotatable bonds is 4. The Morgan fingerprint density at radius 1 is 1.00 bits per heavy atom. The SMILES string of the molecule is CC1CCN(C(=O)c2ccc(CC3CCN(S(C)(=O)=O)CC3)cc2)CC1. The van der Waals surface area contributed by atoms with Crippen molar-refractivity contribution < 1.29 is 13.2 Å². The van der Waals surface area contributed by atoms with E-state index in [-0.39, 0.29) is 5.91 Å². The summed E-state index contributed by atoms with van der Waals surface area (Å²) in [4.78, 5) is 14.6. The van der Waals surface area contributed by atoms with E-state index in [1.165, 1.54) is 11.8 Å². The number of hydrogen-bond acceptors (Lipinski definition) is 3. The van der Waals surface area contributed by atoms with Gasteiger partial charge in [-0.1, -0.05) is 19.1 Å². The zero-order chi connectivity index (χ0) is 18.7. The summed E-state index contributed by atoms with van der Waals surface area (Å²) in [5, 5.41) is 0. The van der Waals surface area contributed by atoms with Gasteiger partial charge in [0, 0.05) is 31.7 Å². The molecule has 6 heteroatoms. The third kappa shape index (κ3) is 4.86. The fourth-order valence-electron chi connectivity index (χ4n) is 3.96. The smallest absolute Gasteiger partial charge is 0.253 e. The van der Waals surface area contributed by atoms with E-state index >= 15 is 0 Å². The average molecular weight is 379 g/mol. The number of hydrogen-bond donors (Lipinski definition) is 0. The molecule has 26 heavy (non-hydrogen) atoms. The summed E-state index contributed by atoms with van der Waals surface area (Å²) in [5.74, 6) is 1.37. The van der Waals surface area contributed by atoms with Crippen molar-refractivity contribution in [3.05, 3.63) is 35.4 Å². The van der Waals surface area contributed by atoms with Crippen LogP contribution in [-0.4, -0.2) is 56.0 Å². The monoisotopic (exact) mass is 378 g/mol. The molecule has 0 aromatic heterocycles. The number of piperidine rings is 2. The maximum atomic E-state index is 12.6. The first-order valence-electron chi connectivity index (χ1n) is 9.66. The number of nitrogens with zero attached hydrogens (tertiary/aromatic N) is 2. The molecule has 3 rings (SSSR count). The van der Waals surface area contributed by atoms with E-state index in [4.69, 9.17) is 0 Å². The van der Waals surface area contributed by atoms with Gasteiger partial charge in [0.1, 0.15) is 0 Å². The normalized spacial score (nSPS) is 21.1. The van der Waals surface area contributed by atoms with Crippen molar-refractivity contribution in [3.63, 3.8) is 0 Å². The van der Waals surface area contributed by atoms with Crippen LogP contribution in [0.3, 0.4) is 0 Å². The van der Waals surface area contributed by atoms with Crippen LogP contribution in [0.1, 0.15) is 48.5 Å². The fraction of sp³-hybridized carbons (Fsp3) is 0.650. The standard InChI is InChI=1S/C20H30N2O3S/c1-16-7-11-21(12-8-16)20(23)19-5-3-17(4-6-19)15-18-9-13-22(14-10-18)26(2,24)25/h3-6,16,18H,7-15H2,1-2H3. The zero-order valence-corrected chi connectivity index (χ0v) is 16.7. The topological polar surface area (TPSA) is 57.7 Å². The molecule has 0 unspecified atom stereocenters. The van der Waals surface area contributed by atoms with Crippen LogP contribution in [0.5, 0.6) is 0 Å². The second-order valence-corrected chi connectivity index (χ2v) is 9.96. The van der Waals surface area contributed by atoms with Crippen molar-refractivity contribution in [1.29, 1.82) is 0 Å². The predicted molar refractivity (Wildman–Crippen MR) is 104 cm³/mol. The quantitative estimate of drug-likeness (QED) is 0.809. The van der Waals surface area contributed by atoms with Crippen molar-refractivity contribution in [2.75, 3.05) is 32.4 Å². The van der Waals surface area contributed by atoms with Crippen LogP contribution in [0.15, 0.2) is 24.3 Å². The highest BCUT2D eigenvalue weighted by Gasteiger charge is 2.25. The molecule has 2 fully saturated rings. The Balaban J connectivity index is 1.53. The highest BCUT2D eigenvalue weighted by molar-refractivity contribution is 7.88. The van der Waals surface area contributed by atoms with Gasteiger partial charge < -0.3 is 4.90 Å². The molecule has 0 N–H and O–H groups in total. The summed E-state index contributed by atoms with van der Waals surface area (Å²) in [6.45, 7) is 5.21. The number of carbonyl (C=O) groups excluding carboxylic acids is 1. The van der Waals surface area contributed by atoms with Crippen molar-refractivity contribution in [3.8, 4) is 0 Å². The van der Waals surface area contributed by atoms with Gasteiger partial charge in [-0.3, -0.25) is 4.79 Å². The van der Waals surface area contributed by atoms with E-state index in [2.05, 4.69) is 19.1 Å². The second kappa shape index (κ2) is 8.09. The summed E-state index contributed by atoms with van der Waals surface area (Å²) in [6, 6.07) is 8.01. The van der Waals surface area contributed by atoms with E-state index in [1.54, 1.807) is 4.31 Å². The molecule has 1 amide bonds. The van der Waals surface area contributed by atoms with E-state index in [0.29, 0.717) is 19.0 Å². The molecule has 0 bridgehead atoms. The average Bonchev–Trinajstić information content (AvgIpc) is 2.62. The lowest BCUT2D eigenvalue weighted by atomic mass is 9.90. The van der Waals surface area contributed by atoms with Gasteiger partial charge in [-0.2, -0.15) is 0 Å². The summed E-state index contributed by atoms with van der Waals surface area (Å²) >= 11 is 0. The first kappa shape index (κ1) is 19.4. The molecular weight excluding hydrogens is 348 g/mol. The minimum Gasteiger partial charge on any atom is -0.339 e. The Labute approximate surface area is 157 Å². The van der Waals surface area contributed by atoms with Crippen LogP contribution < -0.4 is 0 Å². The molecule has 0 radical (unpaired) electrons. The molecule has 2 aliphatic heterocycles. The molecule has 0 atom stereocenters. The van der Waals surface area contributed by atoms with Crippen LogP contribution in [0.25, 0.3) is 0 Å². The molecule has 5 nitrogen and oxygen atoms in total. The van der Waals surface area contributed by atoms with Gasteiger partial charge >= 0.3 is 0 Å². The maximum absolute atomic E-state index is 12.6. The molecule has 0 aliphatic carbocycles. The molecule has 0 spiro atoms. The first-order chi connectivity index (χ1) is 12.3. The highest BCUT2D eigenvalue weighted by Crippen LogP contribution is 2.24. The maximum Gasteiger partial charge on any atom is 0.253 e. The van der Waals surface area contributed by atoms with Crippen LogP contribution >= 0.6 is 0 Å². The number of benzene rings is 1. The third-order valence-electron chi connectivity index (χ3n) is 5.84. The van der Waals surface area contributed by atoms with Gasteiger partial charge in [-0.05, 0) is 61.6 Å². The Morgan fingerprint density at radius 3 is 2.12 bits per heavy atom. The minimum absolute atomic E-state index is 0.143. The Hall–Kier alpha value is -1.40. The Kier molecular flexibility index (Phi) is 6.03. The lowest BCUT2D eigenvalue weighted by Crippen LogP contribution is -2.38. The Bertz CT molecular complexity index is 714. The largest absolute Gasteiger partial charge is 0.339 e. The molecule has 0 saturated carbocycles. The number of amides is 1. The number of likely N-dealkylation sites (tertiary alicyclic amines) is 1. The molecule has 1 aromatic rings. The second-order valence-electron chi connectivity index (χ2n) is 7.98. The van der Waals surface area contributed by atoms with Crippen molar-refractivity contribution in [1.82, 2.24) is 9.21 Å². The van der Waals surface area contributed by atoms with Crippen LogP contribution in [0.4, 0.5) is 0 Å². The van der Waals surface area contributed by atoms with Gasteiger partial charge in [0.15, 0.2) is 0 Å². The van der Waals surface area contributed by atoms with Gasteiger partial charge in [0.05, 0.1) is 6.26 Å². The lowest BCUT2D eigenvalue weighted by Gasteiger charge is -2.31. The molecule has 2 heterocycles. The molecule has 1 aromatic carbocycles. The first-order valence-corrected chi connectivity index (χ1v) is 11.5. The summed E-state index contributed by atoms with van der Waals surface area (Å²) in [5.41, 5.74) is 2.00. The summed E-state index contributed by atoms with van der Waals surface area (Å²) in [7, 11) is -3.06. The Morgan fingerprint density at radius 2 is 1.58 bits per heavy atom. The van der Waals surface area contributed by atoms with Gasteiger partial charge in [0.25, 0.3) is 5.91 Å². The van der Waals surface area contributed by atoms with E-state index < -0.39 is 10.0 Å². The van der Waals surface area contributed by atoms with Crippen molar-refractivity contribution >= 4 is 15.9 Å². The molecular formula is C20H30N2O3S. The van der Waals surface area contributed by atoms with Gasteiger partial charge in [-0.25, -0.2) is 12.7 Å². The summed E-state index contributed by atoms with van der Waals surface area (Å²) in [6.07, 6.45) is 6.23. The zero-order valence-electron chi connectivity index (χ0n) is 15.9.